The molecule has 0 aliphatic heterocycles. The van der Waals surface area contributed by atoms with Crippen molar-refractivity contribution in [2.75, 3.05) is 69.2 Å². The van der Waals surface area contributed by atoms with Gasteiger partial charge in [-0.3, -0.25) is 9.59 Å². The van der Waals surface area contributed by atoms with Gasteiger partial charge in [0.05, 0.1) is 17.6 Å². The van der Waals surface area contributed by atoms with Gasteiger partial charge in [-0.25, -0.2) is 4.98 Å². The van der Waals surface area contributed by atoms with E-state index in [9.17, 15) is 14.7 Å². The number of nitrogens with zero attached hydrogens (tertiary/aromatic N) is 5. The fraction of sp³-hybridized carbons (Fsp3) is 0.286. The lowest BCUT2D eigenvalue weighted by atomic mass is 10.1. The Hall–Kier alpha value is -4.19. The van der Waals surface area contributed by atoms with Crippen LogP contribution in [0.4, 0.5) is 34.5 Å². The van der Waals surface area contributed by atoms with E-state index >= 15 is 0 Å². The third kappa shape index (κ3) is 7.92. The van der Waals surface area contributed by atoms with E-state index in [0.717, 1.165) is 18.8 Å². The first-order chi connectivity index (χ1) is 19.0. The minimum Gasteiger partial charge on any atom is -0.378 e. The van der Waals surface area contributed by atoms with Crippen molar-refractivity contribution in [2.24, 2.45) is 0 Å². The molecule has 212 valence electrons. The average molecular weight is 567 g/mol. The summed E-state index contributed by atoms with van der Waals surface area (Å²) < 4.78 is 0. The molecule has 1 unspecified atom stereocenters. The van der Waals surface area contributed by atoms with Crippen LogP contribution < -0.4 is 20.9 Å². The van der Waals surface area contributed by atoms with Crippen LogP contribution >= 0.6 is 11.6 Å². The number of aliphatic hydroxyl groups excluding tert-OH is 1. The summed E-state index contributed by atoms with van der Waals surface area (Å²) in [6.45, 7) is 5.13. The summed E-state index contributed by atoms with van der Waals surface area (Å²) in [7, 11) is 9.10. The third-order valence-corrected chi connectivity index (χ3v) is 6.19. The second-order valence-electron chi connectivity index (χ2n) is 9.51. The Morgan fingerprint density at radius 2 is 1.77 bits per heavy atom. The van der Waals surface area contributed by atoms with Crippen molar-refractivity contribution in [1.29, 1.82) is 0 Å². The summed E-state index contributed by atoms with van der Waals surface area (Å²) in [5.74, 6) is -0.275. The van der Waals surface area contributed by atoms with E-state index in [1.807, 2.05) is 33.3 Å². The number of amides is 2. The van der Waals surface area contributed by atoms with Gasteiger partial charge in [-0.15, -0.1) is 0 Å². The lowest BCUT2D eigenvalue weighted by Crippen LogP contribution is -2.29. The molecule has 3 rings (SSSR count). The standard InChI is InChI=1S/C28H35ClN8O3/c1-7-24(38)32-22-16-18(12-13-23(22)37(6)15-14-35(2)3)31-28-30-17-20(29)26(34-28)33-21-11-9-8-10-19(21)25(39)27(40)36(4)5/h7-13,16-17,25,39H,1,14-15H2,2-6H3,(H,32,38)(H2,30,31,33,34). The van der Waals surface area contributed by atoms with Crippen LogP contribution in [0.5, 0.6) is 0 Å². The molecular weight excluding hydrogens is 532 g/mol. The Kier molecular flexibility index (Phi) is 10.4. The van der Waals surface area contributed by atoms with Gasteiger partial charge >= 0.3 is 0 Å². The number of benzene rings is 2. The van der Waals surface area contributed by atoms with Crippen molar-refractivity contribution in [1.82, 2.24) is 19.8 Å². The number of aliphatic hydroxyl groups is 1. The van der Waals surface area contributed by atoms with Crippen LogP contribution in [0.15, 0.2) is 61.3 Å². The van der Waals surface area contributed by atoms with Crippen molar-refractivity contribution in [3.63, 3.8) is 0 Å². The number of likely N-dealkylation sites (N-methyl/N-ethyl adjacent to an activating group) is 3. The van der Waals surface area contributed by atoms with Crippen LogP contribution in [0.2, 0.25) is 5.02 Å². The number of hydrogen-bond donors (Lipinski definition) is 4. The van der Waals surface area contributed by atoms with E-state index in [1.165, 1.54) is 17.2 Å². The van der Waals surface area contributed by atoms with Crippen LogP contribution in [0.25, 0.3) is 0 Å². The zero-order chi connectivity index (χ0) is 29.4. The van der Waals surface area contributed by atoms with Gasteiger partial charge in [0.1, 0.15) is 5.02 Å². The van der Waals surface area contributed by atoms with Crippen molar-refractivity contribution < 1.29 is 14.7 Å². The predicted octanol–water partition coefficient (Wildman–Crippen LogP) is 3.86. The number of hydrogen-bond acceptors (Lipinski definition) is 9. The van der Waals surface area contributed by atoms with Crippen LogP contribution in [0.3, 0.4) is 0 Å². The fourth-order valence-electron chi connectivity index (χ4n) is 3.70. The minimum absolute atomic E-state index is 0.240. The van der Waals surface area contributed by atoms with Gasteiger partial charge in [-0.2, -0.15) is 4.98 Å². The van der Waals surface area contributed by atoms with Crippen molar-refractivity contribution in [2.45, 2.75) is 6.10 Å². The maximum Gasteiger partial charge on any atom is 0.255 e. The molecular formula is C28H35ClN8O3. The molecule has 12 heteroatoms. The topological polar surface area (TPSA) is 126 Å². The monoisotopic (exact) mass is 566 g/mol. The van der Waals surface area contributed by atoms with E-state index in [1.54, 1.807) is 44.4 Å². The first-order valence-corrected chi connectivity index (χ1v) is 12.9. The summed E-state index contributed by atoms with van der Waals surface area (Å²) in [5, 5.41) is 20.0. The first-order valence-electron chi connectivity index (χ1n) is 12.5. The smallest absolute Gasteiger partial charge is 0.255 e. The summed E-state index contributed by atoms with van der Waals surface area (Å²) in [5.41, 5.74) is 2.91. The molecule has 0 aliphatic carbocycles. The number of aromatic nitrogens is 2. The minimum atomic E-state index is -1.37. The van der Waals surface area contributed by atoms with Crippen LogP contribution in [0.1, 0.15) is 11.7 Å². The zero-order valence-electron chi connectivity index (χ0n) is 23.3. The molecule has 3 aromatic rings. The fourth-order valence-corrected chi connectivity index (χ4v) is 3.84. The number of rotatable bonds is 12. The van der Waals surface area contributed by atoms with E-state index in [0.29, 0.717) is 22.6 Å². The van der Waals surface area contributed by atoms with E-state index in [4.69, 9.17) is 11.6 Å². The van der Waals surface area contributed by atoms with E-state index < -0.39 is 12.0 Å². The molecule has 0 saturated heterocycles. The molecule has 0 aliphatic rings. The highest BCUT2D eigenvalue weighted by atomic mass is 35.5. The average Bonchev–Trinajstić information content (AvgIpc) is 2.93. The molecule has 0 saturated carbocycles. The molecule has 11 nitrogen and oxygen atoms in total. The highest BCUT2D eigenvalue weighted by Gasteiger charge is 2.22. The van der Waals surface area contributed by atoms with Crippen LogP contribution in [-0.2, 0) is 9.59 Å². The molecule has 1 heterocycles. The number of carbonyl (C=O) groups excluding carboxylic acids is 2. The highest BCUT2D eigenvalue weighted by Crippen LogP contribution is 2.32. The molecule has 1 aromatic heterocycles. The van der Waals surface area contributed by atoms with Crippen LogP contribution in [0, 0.1) is 0 Å². The van der Waals surface area contributed by atoms with Gasteiger partial charge in [0.25, 0.3) is 5.91 Å². The Morgan fingerprint density at radius 1 is 1.05 bits per heavy atom. The summed E-state index contributed by atoms with van der Waals surface area (Å²) >= 11 is 6.38. The number of anilines is 6. The second-order valence-corrected chi connectivity index (χ2v) is 9.92. The number of para-hydroxylation sites is 1. The SMILES string of the molecule is C=CC(=O)Nc1cc(Nc2ncc(Cl)c(Nc3ccccc3C(O)C(=O)N(C)C)n2)ccc1N(C)CCN(C)C. The molecule has 0 bridgehead atoms. The van der Waals surface area contributed by atoms with Crippen LogP contribution in [-0.4, -0.2) is 85.0 Å². The quantitative estimate of drug-likeness (QED) is 0.242. The third-order valence-electron chi connectivity index (χ3n) is 5.92. The number of carbonyl (C=O) groups is 2. The second kappa shape index (κ2) is 13.7. The maximum atomic E-state index is 12.4. The molecule has 4 N–H and O–H groups in total. The Morgan fingerprint density at radius 3 is 2.45 bits per heavy atom. The van der Waals surface area contributed by atoms with Gasteiger partial charge in [-0.1, -0.05) is 36.4 Å². The van der Waals surface area contributed by atoms with Gasteiger partial charge in [0.2, 0.25) is 11.9 Å². The molecule has 2 aromatic carbocycles. The van der Waals surface area contributed by atoms with Gasteiger partial charge in [-0.05, 0) is 44.4 Å². The largest absolute Gasteiger partial charge is 0.378 e. The van der Waals surface area contributed by atoms with E-state index in [2.05, 4.69) is 42.3 Å². The predicted molar refractivity (Wildman–Crippen MR) is 161 cm³/mol. The van der Waals surface area contributed by atoms with Gasteiger partial charge < -0.3 is 35.8 Å². The molecule has 40 heavy (non-hydrogen) atoms. The number of halogens is 1. The zero-order valence-corrected chi connectivity index (χ0v) is 24.0. The summed E-state index contributed by atoms with van der Waals surface area (Å²) in [6.07, 6.45) is 1.29. The van der Waals surface area contributed by atoms with E-state index in [-0.39, 0.29) is 22.7 Å². The summed E-state index contributed by atoms with van der Waals surface area (Å²) in [4.78, 5) is 38.7. The first kappa shape index (κ1) is 30.4. The molecule has 0 spiro atoms. The number of nitrogens with one attached hydrogen (secondary N) is 3. The van der Waals surface area contributed by atoms with Gasteiger partial charge in [0, 0.05) is 51.2 Å². The molecule has 0 radical (unpaired) electrons. The van der Waals surface area contributed by atoms with Gasteiger partial charge in [0.15, 0.2) is 11.9 Å². The molecule has 1 atom stereocenters. The van der Waals surface area contributed by atoms with Crippen molar-refractivity contribution in [3.05, 3.63) is 71.9 Å². The normalized spacial score (nSPS) is 11.5. The lowest BCUT2D eigenvalue weighted by molar-refractivity contribution is -0.137. The Labute approximate surface area is 239 Å². The van der Waals surface area contributed by atoms with Crippen molar-refractivity contribution in [3.8, 4) is 0 Å². The maximum absolute atomic E-state index is 12.4. The Balaban J connectivity index is 1.88. The van der Waals surface area contributed by atoms with Crippen molar-refractivity contribution >= 4 is 57.9 Å². The lowest BCUT2D eigenvalue weighted by Gasteiger charge is -2.24. The molecule has 0 fully saturated rings. The summed E-state index contributed by atoms with van der Waals surface area (Å²) in [6, 6.07) is 12.4. The Bertz CT molecular complexity index is 1370. The highest BCUT2D eigenvalue weighted by molar-refractivity contribution is 6.33. The molecule has 2 amide bonds.